The van der Waals surface area contributed by atoms with Crippen LogP contribution in [0.4, 0.5) is 0 Å². The summed E-state index contributed by atoms with van der Waals surface area (Å²) in [6, 6.07) is 20.8. The number of hydrazone groups is 1. The number of nitrogens with two attached hydrogens (primary N) is 1. The van der Waals surface area contributed by atoms with E-state index in [1.54, 1.807) is 0 Å². The van der Waals surface area contributed by atoms with Crippen LogP contribution in [0.2, 0.25) is 0 Å². The van der Waals surface area contributed by atoms with Crippen molar-refractivity contribution in [2.75, 3.05) is 0 Å². The number of carbonyl (C=O) groups is 1. The van der Waals surface area contributed by atoms with Crippen molar-refractivity contribution in [2.45, 2.75) is 6.10 Å². The van der Waals surface area contributed by atoms with E-state index < -0.39 is 6.10 Å². The third-order valence-electron chi connectivity index (χ3n) is 2.78. The number of hydrogen-bond donors (Lipinski definition) is 1. The van der Waals surface area contributed by atoms with Crippen LogP contribution in [0.3, 0.4) is 0 Å². The number of ether oxygens (including phenoxy) is 1. The van der Waals surface area contributed by atoms with Crippen LogP contribution in [0.1, 0.15) is 0 Å². The molecular formula is C16H15N3O2. The van der Waals surface area contributed by atoms with Crippen LogP contribution < -0.4 is 5.84 Å². The number of hydrogen-bond acceptors (Lipinski definition) is 4. The standard InChI is InChI=1S/C12H10.C4H5N3O2/c1-3-7-11(8-4-1)12-9-5-2-6-10-12;5-7-4-3(1-8)9-2-6-4/h1-10H;1-3H,5H2. The predicted octanol–water partition coefficient (Wildman–Crippen LogP) is 2.24. The molecule has 0 saturated heterocycles. The van der Waals surface area contributed by atoms with Crippen LogP contribution in [0.15, 0.2) is 70.8 Å². The highest BCUT2D eigenvalue weighted by atomic mass is 16.5. The molecule has 1 heterocycles. The summed E-state index contributed by atoms with van der Waals surface area (Å²) in [4.78, 5) is 13.6. The number of benzene rings is 2. The number of rotatable bonds is 2. The van der Waals surface area contributed by atoms with Crippen molar-refractivity contribution in [3.63, 3.8) is 0 Å². The van der Waals surface area contributed by atoms with Gasteiger partial charge in [-0.3, -0.25) is 4.79 Å². The topological polar surface area (TPSA) is 77.0 Å². The quantitative estimate of drug-likeness (QED) is 0.521. The van der Waals surface area contributed by atoms with Crippen molar-refractivity contribution in [2.24, 2.45) is 15.9 Å². The molecule has 0 amide bonds. The van der Waals surface area contributed by atoms with Gasteiger partial charge in [0.15, 0.2) is 18.5 Å². The monoisotopic (exact) mass is 281 g/mol. The molecule has 1 aliphatic heterocycles. The van der Waals surface area contributed by atoms with E-state index in [4.69, 9.17) is 5.84 Å². The molecule has 106 valence electrons. The number of aliphatic imine (C=N–C) groups is 1. The molecule has 5 nitrogen and oxygen atoms in total. The van der Waals surface area contributed by atoms with Gasteiger partial charge in [0.25, 0.3) is 0 Å². The fourth-order valence-corrected chi connectivity index (χ4v) is 1.75. The SMILES string of the molecule is NN=C1N=COC1C=O.c1ccc(-c2ccccc2)cc1. The highest BCUT2D eigenvalue weighted by Crippen LogP contribution is 2.17. The van der Waals surface area contributed by atoms with Gasteiger partial charge < -0.3 is 10.6 Å². The van der Waals surface area contributed by atoms with Crippen molar-refractivity contribution < 1.29 is 9.53 Å². The van der Waals surface area contributed by atoms with E-state index in [1.165, 1.54) is 11.1 Å². The Balaban J connectivity index is 0.000000161. The Morgan fingerprint density at radius 2 is 1.52 bits per heavy atom. The highest BCUT2D eigenvalue weighted by Gasteiger charge is 2.19. The maximum absolute atomic E-state index is 10.0. The summed E-state index contributed by atoms with van der Waals surface area (Å²) in [5, 5.41) is 3.20. The molecule has 0 aromatic heterocycles. The van der Waals surface area contributed by atoms with E-state index in [0.717, 1.165) is 6.40 Å². The summed E-state index contributed by atoms with van der Waals surface area (Å²) in [5.41, 5.74) is 2.55. The van der Waals surface area contributed by atoms with Crippen LogP contribution in [-0.2, 0) is 9.53 Å². The number of nitrogens with zero attached hydrogens (tertiary/aromatic N) is 2. The summed E-state index contributed by atoms with van der Waals surface area (Å²) < 4.78 is 4.64. The molecule has 0 fully saturated rings. The molecule has 0 bridgehead atoms. The molecule has 0 spiro atoms. The minimum atomic E-state index is -0.699. The first-order valence-electron chi connectivity index (χ1n) is 6.36. The zero-order chi connectivity index (χ0) is 14.9. The van der Waals surface area contributed by atoms with Crippen LogP contribution in [0, 0.1) is 0 Å². The molecular weight excluding hydrogens is 266 g/mol. The first-order chi connectivity index (χ1) is 10.3. The molecule has 3 rings (SSSR count). The molecule has 1 atom stereocenters. The molecule has 1 unspecified atom stereocenters. The summed E-state index contributed by atoms with van der Waals surface area (Å²) in [6.45, 7) is 0. The van der Waals surface area contributed by atoms with Crippen molar-refractivity contribution in [3.8, 4) is 11.1 Å². The lowest BCUT2D eigenvalue weighted by Crippen LogP contribution is -2.18. The zero-order valence-electron chi connectivity index (χ0n) is 11.3. The van der Waals surface area contributed by atoms with E-state index in [0.29, 0.717) is 6.29 Å². The Kier molecular flexibility index (Phi) is 5.23. The highest BCUT2D eigenvalue weighted by molar-refractivity contribution is 6.05. The molecule has 0 saturated carbocycles. The Morgan fingerprint density at radius 1 is 1.00 bits per heavy atom. The van der Waals surface area contributed by atoms with E-state index >= 15 is 0 Å². The normalized spacial score (nSPS) is 17.7. The summed E-state index contributed by atoms with van der Waals surface area (Å²) in [6.07, 6.45) is 1.03. The fourth-order valence-electron chi connectivity index (χ4n) is 1.75. The van der Waals surface area contributed by atoms with Crippen LogP contribution in [-0.4, -0.2) is 24.6 Å². The zero-order valence-corrected chi connectivity index (χ0v) is 11.3. The molecule has 0 radical (unpaired) electrons. The summed E-state index contributed by atoms with van der Waals surface area (Å²) in [5.74, 6) is 5.05. The lowest BCUT2D eigenvalue weighted by atomic mass is 10.1. The van der Waals surface area contributed by atoms with E-state index in [-0.39, 0.29) is 5.84 Å². The van der Waals surface area contributed by atoms with E-state index in [2.05, 4.69) is 63.4 Å². The Labute approximate surface area is 122 Å². The summed E-state index contributed by atoms with van der Waals surface area (Å²) in [7, 11) is 0. The fraction of sp³-hybridized carbons (Fsp3) is 0.0625. The van der Waals surface area contributed by atoms with Gasteiger partial charge in [0, 0.05) is 0 Å². The summed E-state index contributed by atoms with van der Waals surface area (Å²) >= 11 is 0. The maximum atomic E-state index is 10.0. The van der Waals surface area contributed by atoms with Crippen molar-refractivity contribution in [1.82, 2.24) is 0 Å². The number of amidine groups is 1. The van der Waals surface area contributed by atoms with Crippen LogP contribution in [0.25, 0.3) is 11.1 Å². The van der Waals surface area contributed by atoms with Gasteiger partial charge in [-0.15, -0.1) is 0 Å². The van der Waals surface area contributed by atoms with Gasteiger partial charge in [-0.25, -0.2) is 0 Å². The third kappa shape index (κ3) is 4.01. The maximum Gasteiger partial charge on any atom is 0.216 e. The van der Waals surface area contributed by atoms with Crippen molar-refractivity contribution >= 4 is 18.5 Å². The molecule has 2 aromatic carbocycles. The smallest absolute Gasteiger partial charge is 0.216 e. The number of aldehydes is 1. The minimum Gasteiger partial charge on any atom is -0.464 e. The van der Waals surface area contributed by atoms with Gasteiger partial charge in [0.1, 0.15) is 0 Å². The van der Waals surface area contributed by atoms with Gasteiger partial charge in [-0.1, -0.05) is 60.7 Å². The Bertz CT molecular complexity index is 587. The minimum absolute atomic E-state index is 0.213. The molecule has 2 N–H and O–H groups in total. The largest absolute Gasteiger partial charge is 0.464 e. The Morgan fingerprint density at radius 3 is 1.90 bits per heavy atom. The predicted molar refractivity (Wildman–Crippen MR) is 82.9 cm³/mol. The van der Waals surface area contributed by atoms with Gasteiger partial charge in [0.05, 0.1) is 0 Å². The molecule has 2 aromatic rings. The number of carbonyl (C=O) groups excluding carboxylic acids is 1. The van der Waals surface area contributed by atoms with E-state index in [9.17, 15) is 4.79 Å². The molecule has 5 heteroatoms. The molecule has 21 heavy (non-hydrogen) atoms. The van der Waals surface area contributed by atoms with Crippen LogP contribution >= 0.6 is 0 Å². The lowest BCUT2D eigenvalue weighted by Gasteiger charge is -1.98. The lowest BCUT2D eigenvalue weighted by molar-refractivity contribution is -0.111. The van der Waals surface area contributed by atoms with Crippen LogP contribution in [0.5, 0.6) is 0 Å². The average Bonchev–Trinajstić information content (AvgIpc) is 3.05. The van der Waals surface area contributed by atoms with Gasteiger partial charge >= 0.3 is 0 Å². The third-order valence-corrected chi connectivity index (χ3v) is 2.78. The second kappa shape index (κ2) is 7.59. The van der Waals surface area contributed by atoms with Gasteiger partial charge in [-0.2, -0.15) is 10.1 Å². The molecule has 1 aliphatic rings. The molecule has 0 aliphatic carbocycles. The van der Waals surface area contributed by atoms with Crippen molar-refractivity contribution in [3.05, 3.63) is 60.7 Å². The van der Waals surface area contributed by atoms with Crippen molar-refractivity contribution in [1.29, 1.82) is 0 Å². The first kappa shape index (κ1) is 14.5. The average molecular weight is 281 g/mol. The first-order valence-corrected chi connectivity index (χ1v) is 6.36. The second-order valence-corrected chi connectivity index (χ2v) is 4.15. The second-order valence-electron chi connectivity index (χ2n) is 4.15. The van der Waals surface area contributed by atoms with E-state index in [1.807, 2.05) is 12.1 Å². The Hall–Kier alpha value is -2.95. The van der Waals surface area contributed by atoms with Gasteiger partial charge in [0.2, 0.25) is 6.10 Å². The van der Waals surface area contributed by atoms with Gasteiger partial charge in [-0.05, 0) is 11.1 Å².